The molecule has 0 saturated heterocycles. The van der Waals surface area contributed by atoms with Gasteiger partial charge >= 0.3 is 6.09 Å². The highest BCUT2D eigenvalue weighted by molar-refractivity contribution is 5.74. The maximum Gasteiger partial charge on any atom is 0.412 e. The first-order valence-electron chi connectivity index (χ1n) is 5.44. The van der Waals surface area contributed by atoms with Gasteiger partial charge in [0, 0.05) is 17.8 Å². The van der Waals surface area contributed by atoms with Gasteiger partial charge in [-0.15, -0.1) is 0 Å². The third-order valence-corrected chi connectivity index (χ3v) is 2.25. The summed E-state index contributed by atoms with van der Waals surface area (Å²) in [5.41, 5.74) is 0.578. The SMILES string of the molecule is CCC(C)NC(=O)Oc1cccc(NC=O)c1. The summed E-state index contributed by atoms with van der Waals surface area (Å²) >= 11 is 0. The van der Waals surface area contributed by atoms with E-state index in [-0.39, 0.29) is 6.04 Å². The number of nitrogens with one attached hydrogen (secondary N) is 2. The predicted octanol–water partition coefficient (Wildman–Crippen LogP) is 2.14. The summed E-state index contributed by atoms with van der Waals surface area (Å²) in [7, 11) is 0. The number of rotatable bonds is 5. The van der Waals surface area contributed by atoms with Gasteiger partial charge in [0.1, 0.15) is 5.75 Å². The Labute approximate surface area is 100 Å². The number of hydrogen-bond donors (Lipinski definition) is 2. The van der Waals surface area contributed by atoms with Crippen molar-refractivity contribution in [2.45, 2.75) is 26.3 Å². The first kappa shape index (κ1) is 13.0. The highest BCUT2D eigenvalue weighted by Crippen LogP contribution is 2.16. The minimum atomic E-state index is -0.498. The zero-order valence-corrected chi connectivity index (χ0v) is 9.90. The Bertz CT molecular complexity index is 393. The maximum absolute atomic E-state index is 11.4. The smallest absolute Gasteiger partial charge is 0.410 e. The molecule has 5 nitrogen and oxygen atoms in total. The Morgan fingerprint density at radius 3 is 2.94 bits per heavy atom. The van der Waals surface area contributed by atoms with Crippen molar-refractivity contribution in [1.29, 1.82) is 0 Å². The van der Waals surface area contributed by atoms with Crippen molar-refractivity contribution < 1.29 is 14.3 Å². The van der Waals surface area contributed by atoms with Crippen LogP contribution in [0.4, 0.5) is 10.5 Å². The van der Waals surface area contributed by atoms with E-state index in [1.165, 1.54) is 0 Å². The van der Waals surface area contributed by atoms with Gasteiger partial charge in [-0.1, -0.05) is 13.0 Å². The van der Waals surface area contributed by atoms with Crippen LogP contribution >= 0.6 is 0 Å². The van der Waals surface area contributed by atoms with Crippen molar-refractivity contribution in [2.75, 3.05) is 5.32 Å². The summed E-state index contributed by atoms with van der Waals surface area (Å²) < 4.78 is 5.07. The fourth-order valence-electron chi connectivity index (χ4n) is 1.16. The Kier molecular flexibility index (Phi) is 5.00. The average Bonchev–Trinajstić information content (AvgIpc) is 2.29. The van der Waals surface area contributed by atoms with E-state index in [4.69, 9.17) is 4.74 Å². The van der Waals surface area contributed by atoms with E-state index in [9.17, 15) is 9.59 Å². The molecule has 0 aliphatic carbocycles. The third kappa shape index (κ3) is 4.55. The molecule has 1 rings (SSSR count). The molecule has 0 saturated carbocycles. The monoisotopic (exact) mass is 236 g/mol. The van der Waals surface area contributed by atoms with Gasteiger partial charge < -0.3 is 15.4 Å². The third-order valence-electron chi connectivity index (χ3n) is 2.25. The molecule has 1 atom stereocenters. The van der Waals surface area contributed by atoms with Crippen LogP contribution in [0.2, 0.25) is 0 Å². The van der Waals surface area contributed by atoms with Crippen LogP contribution in [0.25, 0.3) is 0 Å². The molecule has 0 heterocycles. The summed E-state index contributed by atoms with van der Waals surface area (Å²) in [6.45, 7) is 3.87. The van der Waals surface area contributed by atoms with Crippen molar-refractivity contribution in [1.82, 2.24) is 5.32 Å². The van der Waals surface area contributed by atoms with E-state index in [2.05, 4.69) is 10.6 Å². The molecular formula is C12H16N2O3. The number of hydrogen-bond acceptors (Lipinski definition) is 3. The van der Waals surface area contributed by atoms with E-state index >= 15 is 0 Å². The fourth-order valence-corrected chi connectivity index (χ4v) is 1.16. The zero-order chi connectivity index (χ0) is 12.7. The quantitative estimate of drug-likeness (QED) is 0.770. The molecule has 0 radical (unpaired) electrons. The Morgan fingerprint density at radius 2 is 2.29 bits per heavy atom. The molecule has 1 aromatic carbocycles. The lowest BCUT2D eigenvalue weighted by molar-refractivity contribution is -0.105. The van der Waals surface area contributed by atoms with Gasteiger partial charge in [0.2, 0.25) is 6.41 Å². The summed E-state index contributed by atoms with van der Waals surface area (Å²) in [6.07, 6.45) is 0.905. The second kappa shape index (κ2) is 6.52. The van der Waals surface area contributed by atoms with Crippen LogP contribution in [0.5, 0.6) is 5.75 Å². The Balaban J connectivity index is 2.58. The van der Waals surface area contributed by atoms with Gasteiger partial charge in [0.25, 0.3) is 0 Å². The lowest BCUT2D eigenvalue weighted by Gasteiger charge is -2.11. The van der Waals surface area contributed by atoms with Crippen LogP contribution in [-0.2, 0) is 4.79 Å². The van der Waals surface area contributed by atoms with Crippen molar-refractivity contribution in [3.63, 3.8) is 0 Å². The maximum atomic E-state index is 11.4. The van der Waals surface area contributed by atoms with Crippen LogP contribution in [0.3, 0.4) is 0 Å². The Morgan fingerprint density at radius 1 is 1.53 bits per heavy atom. The number of amides is 2. The molecule has 5 heteroatoms. The van der Waals surface area contributed by atoms with E-state index in [1.807, 2.05) is 13.8 Å². The molecule has 0 aromatic heterocycles. The number of ether oxygens (including phenoxy) is 1. The number of anilines is 1. The molecule has 1 aromatic rings. The molecule has 92 valence electrons. The first-order chi connectivity index (χ1) is 8.15. The Hall–Kier alpha value is -2.04. The first-order valence-corrected chi connectivity index (χ1v) is 5.44. The van der Waals surface area contributed by atoms with E-state index in [0.29, 0.717) is 17.8 Å². The van der Waals surface area contributed by atoms with Gasteiger partial charge in [-0.3, -0.25) is 4.79 Å². The normalized spacial score (nSPS) is 11.4. The summed E-state index contributed by atoms with van der Waals surface area (Å²) in [5.74, 6) is 0.387. The van der Waals surface area contributed by atoms with Crippen LogP contribution in [-0.4, -0.2) is 18.5 Å². The molecule has 0 bridgehead atoms. The van der Waals surface area contributed by atoms with E-state index in [1.54, 1.807) is 24.3 Å². The van der Waals surface area contributed by atoms with Crippen molar-refractivity contribution in [3.05, 3.63) is 24.3 Å². The topological polar surface area (TPSA) is 67.4 Å². The van der Waals surface area contributed by atoms with E-state index in [0.717, 1.165) is 6.42 Å². The molecule has 2 amide bonds. The van der Waals surface area contributed by atoms with Gasteiger partial charge in [-0.05, 0) is 25.5 Å². The molecule has 2 N–H and O–H groups in total. The predicted molar refractivity (Wildman–Crippen MR) is 65.0 cm³/mol. The lowest BCUT2D eigenvalue weighted by atomic mass is 10.3. The van der Waals surface area contributed by atoms with Crippen LogP contribution < -0.4 is 15.4 Å². The fraction of sp³-hybridized carbons (Fsp3) is 0.333. The van der Waals surface area contributed by atoms with Gasteiger partial charge in [-0.25, -0.2) is 4.79 Å². The summed E-state index contributed by atoms with van der Waals surface area (Å²) in [4.78, 5) is 21.7. The minimum Gasteiger partial charge on any atom is -0.410 e. The minimum absolute atomic E-state index is 0.0683. The molecule has 1 unspecified atom stereocenters. The van der Waals surface area contributed by atoms with Crippen molar-refractivity contribution in [3.8, 4) is 5.75 Å². The zero-order valence-electron chi connectivity index (χ0n) is 9.90. The van der Waals surface area contributed by atoms with Crippen molar-refractivity contribution in [2.24, 2.45) is 0 Å². The largest absolute Gasteiger partial charge is 0.412 e. The highest BCUT2D eigenvalue weighted by atomic mass is 16.6. The molecule has 17 heavy (non-hydrogen) atoms. The summed E-state index contributed by atoms with van der Waals surface area (Å²) in [6, 6.07) is 6.68. The summed E-state index contributed by atoms with van der Waals surface area (Å²) in [5, 5.41) is 5.16. The van der Waals surface area contributed by atoms with Crippen LogP contribution in [0.15, 0.2) is 24.3 Å². The molecule has 0 aliphatic heterocycles. The number of benzene rings is 1. The van der Waals surface area contributed by atoms with Crippen LogP contribution in [0.1, 0.15) is 20.3 Å². The standard InChI is InChI=1S/C12H16N2O3/c1-3-9(2)14-12(16)17-11-6-4-5-10(7-11)13-8-15/h4-9H,3H2,1-2H3,(H,13,15)(H,14,16). The van der Waals surface area contributed by atoms with Crippen LogP contribution in [0, 0.1) is 0 Å². The molecular weight excluding hydrogens is 220 g/mol. The second-order valence-corrected chi connectivity index (χ2v) is 3.63. The van der Waals surface area contributed by atoms with Gasteiger partial charge in [0.15, 0.2) is 0 Å². The highest BCUT2D eigenvalue weighted by Gasteiger charge is 2.07. The lowest BCUT2D eigenvalue weighted by Crippen LogP contribution is -2.34. The number of carbonyl (C=O) groups excluding carboxylic acids is 2. The average molecular weight is 236 g/mol. The molecule has 0 aliphatic rings. The van der Waals surface area contributed by atoms with Gasteiger partial charge in [0.05, 0.1) is 0 Å². The van der Waals surface area contributed by atoms with Gasteiger partial charge in [-0.2, -0.15) is 0 Å². The van der Waals surface area contributed by atoms with Crippen molar-refractivity contribution >= 4 is 18.2 Å². The number of carbonyl (C=O) groups is 2. The van der Waals surface area contributed by atoms with E-state index < -0.39 is 6.09 Å². The molecule has 0 fully saturated rings. The second-order valence-electron chi connectivity index (χ2n) is 3.63. The molecule has 0 spiro atoms.